The molecule has 1 fully saturated rings. The second-order valence-electron chi connectivity index (χ2n) is 8.08. The predicted molar refractivity (Wildman–Crippen MR) is 125 cm³/mol. The van der Waals surface area contributed by atoms with Gasteiger partial charge in [-0.15, -0.1) is 12.4 Å². The Kier molecular flexibility index (Phi) is 6.38. The van der Waals surface area contributed by atoms with Crippen LogP contribution in [0.15, 0.2) is 30.9 Å². The molecule has 3 aromatic heterocycles. The van der Waals surface area contributed by atoms with Gasteiger partial charge in [0.05, 0.1) is 23.7 Å². The smallest absolute Gasteiger partial charge is 0.228 e. The number of anilines is 1. The summed E-state index contributed by atoms with van der Waals surface area (Å²) in [5, 5.41) is 9.42. The first-order valence-corrected chi connectivity index (χ1v) is 10.8. The summed E-state index contributed by atoms with van der Waals surface area (Å²) in [7, 11) is 0. The third kappa shape index (κ3) is 4.09. The van der Waals surface area contributed by atoms with Crippen LogP contribution in [-0.2, 0) is 6.54 Å². The lowest BCUT2D eigenvalue weighted by Crippen LogP contribution is -2.35. The van der Waals surface area contributed by atoms with Gasteiger partial charge in [-0.25, -0.2) is 15.0 Å². The average Bonchev–Trinajstić information content (AvgIpc) is 3.43. The number of nitrogens with one attached hydrogen (secondary N) is 1. The van der Waals surface area contributed by atoms with Gasteiger partial charge in [0.1, 0.15) is 11.2 Å². The van der Waals surface area contributed by atoms with Crippen LogP contribution in [0.1, 0.15) is 32.6 Å². The maximum absolute atomic E-state index is 9.42. The van der Waals surface area contributed by atoms with Gasteiger partial charge in [0.15, 0.2) is 5.65 Å². The third-order valence-electron chi connectivity index (χ3n) is 6.08. The number of fused-ring (bicyclic) bond motifs is 2. The minimum Gasteiger partial charge on any atom is -0.396 e. The zero-order chi connectivity index (χ0) is 20.5. The van der Waals surface area contributed by atoms with Crippen LogP contribution in [0.25, 0.3) is 33.5 Å². The highest BCUT2D eigenvalue weighted by Gasteiger charge is 2.22. The average molecular weight is 442 g/mol. The maximum atomic E-state index is 9.42. The topological polar surface area (TPSA) is 95.8 Å². The van der Waals surface area contributed by atoms with Gasteiger partial charge in [0, 0.05) is 31.8 Å². The maximum Gasteiger partial charge on any atom is 0.228 e. The molecule has 0 atom stereocenters. The number of halogens is 1. The van der Waals surface area contributed by atoms with Crippen LogP contribution in [0.4, 0.5) is 5.95 Å². The van der Waals surface area contributed by atoms with E-state index in [1.165, 1.54) is 0 Å². The minimum atomic E-state index is 0. The number of benzene rings is 1. The largest absolute Gasteiger partial charge is 0.396 e. The highest BCUT2D eigenvalue weighted by molar-refractivity contribution is 5.91. The number of aromatic nitrogens is 6. The molecule has 0 unspecified atom stereocenters. The fourth-order valence-electron chi connectivity index (χ4n) is 4.21. The number of rotatable bonds is 6. The van der Waals surface area contributed by atoms with Gasteiger partial charge in [-0.2, -0.15) is 4.98 Å². The monoisotopic (exact) mass is 441 g/mol. The van der Waals surface area contributed by atoms with Crippen LogP contribution < -0.4 is 4.90 Å². The standard InChI is InChI=1S/C22H27N7O.ClH/c1-2-3-8-29-14-25-17-11-16(4-5-18(17)29)19-20-21(24-13-23-20)27-22(26-19)28-9-6-15(12-30)7-10-28;/h4-5,11,13-15,30H,2-3,6-10,12H2,1H3,(H,23,24,26,27);1H. The lowest BCUT2D eigenvalue weighted by Gasteiger charge is -2.31. The molecule has 8 nitrogen and oxygen atoms in total. The molecule has 1 aliphatic heterocycles. The Labute approximate surface area is 187 Å². The van der Waals surface area contributed by atoms with Crippen LogP contribution in [0.2, 0.25) is 0 Å². The van der Waals surface area contributed by atoms with E-state index in [2.05, 4.69) is 54.5 Å². The summed E-state index contributed by atoms with van der Waals surface area (Å²) in [6.07, 6.45) is 7.80. The Morgan fingerprint density at radius 1 is 1.16 bits per heavy atom. The van der Waals surface area contributed by atoms with Crippen molar-refractivity contribution in [2.24, 2.45) is 5.92 Å². The Hall–Kier alpha value is -2.71. The van der Waals surface area contributed by atoms with E-state index < -0.39 is 0 Å². The molecule has 0 saturated carbocycles. The Balaban J connectivity index is 0.00000231. The number of nitrogens with zero attached hydrogens (tertiary/aromatic N) is 6. The summed E-state index contributed by atoms with van der Waals surface area (Å²) in [5.41, 5.74) is 5.49. The molecule has 1 saturated heterocycles. The van der Waals surface area contributed by atoms with Gasteiger partial charge in [-0.05, 0) is 37.3 Å². The highest BCUT2D eigenvalue weighted by Crippen LogP contribution is 2.30. The van der Waals surface area contributed by atoms with Crippen LogP contribution in [0.5, 0.6) is 0 Å². The molecule has 9 heteroatoms. The highest BCUT2D eigenvalue weighted by atomic mass is 35.5. The number of aliphatic hydroxyl groups excluding tert-OH is 1. The van der Waals surface area contributed by atoms with Crippen LogP contribution in [0.3, 0.4) is 0 Å². The Morgan fingerprint density at radius 3 is 2.77 bits per heavy atom. The molecule has 164 valence electrons. The number of aromatic amines is 1. The van der Waals surface area contributed by atoms with Crippen molar-refractivity contribution in [2.45, 2.75) is 39.2 Å². The van der Waals surface area contributed by atoms with E-state index in [4.69, 9.17) is 4.98 Å². The molecule has 0 bridgehead atoms. The van der Waals surface area contributed by atoms with E-state index in [1.807, 2.05) is 6.33 Å². The summed E-state index contributed by atoms with van der Waals surface area (Å²) < 4.78 is 2.21. The van der Waals surface area contributed by atoms with Crippen molar-refractivity contribution in [3.63, 3.8) is 0 Å². The number of piperidine rings is 1. The quantitative estimate of drug-likeness (QED) is 0.472. The van der Waals surface area contributed by atoms with Crippen LogP contribution in [-0.4, -0.2) is 54.3 Å². The van der Waals surface area contributed by atoms with Gasteiger partial charge in [0.2, 0.25) is 5.95 Å². The molecule has 2 N–H and O–H groups in total. The number of aryl methyl sites for hydroxylation is 1. The fourth-order valence-corrected chi connectivity index (χ4v) is 4.21. The predicted octanol–water partition coefficient (Wildman–Crippen LogP) is 3.80. The zero-order valence-electron chi connectivity index (χ0n) is 17.7. The molecule has 1 aliphatic rings. The number of unbranched alkanes of at least 4 members (excludes halogenated alkanes) is 1. The van der Waals surface area contributed by atoms with Crippen LogP contribution >= 0.6 is 12.4 Å². The van der Waals surface area contributed by atoms with E-state index in [-0.39, 0.29) is 19.0 Å². The zero-order valence-corrected chi connectivity index (χ0v) is 18.5. The van der Waals surface area contributed by atoms with Crippen molar-refractivity contribution in [3.8, 4) is 11.3 Å². The van der Waals surface area contributed by atoms with Gasteiger partial charge < -0.3 is 19.6 Å². The van der Waals surface area contributed by atoms with Gasteiger partial charge in [0.25, 0.3) is 0 Å². The minimum absolute atomic E-state index is 0. The van der Waals surface area contributed by atoms with Crippen molar-refractivity contribution in [3.05, 3.63) is 30.9 Å². The van der Waals surface area contributed by atoms with Crippen molar-refractivity contribution >= 4 is 40.6 Å². The lowest BCUT2D eigenvalue weighted by atomic mass is 9.98. The molecule has 1 aromatic carbocycles. The normalized spacial score (nSPS) is 15.0. The van der Waals surface area contributed by atoms with E-state index in [0.717, 1.165) is 73.1 Å². The molecule has 4 heterocycles. The van der Waals surface area contributed by atoms with Gasteiger partial charge in [-0.1, -0.05) is 19.4 Å². The van der Waals surface area contributed by atoms with Crippen LogP contribution in [0, 0.1) is 5.92 Å². The lowest BCUT2D eigenvalue weighted by molar-refractivity contribution is 0.202. The number of imidazole rings is 2. The number of hydrogen-bond acceptors (Lipinski definition) is 6. The third-order valence-corrected chi connectivity index (χ3v) is 6.08. The van der Waals surface area contributed by atoms with E-state index in [0.29, 0.717) is 17.5 Å². The van der Waals surface area contributed by atoms with E-state index >= 15 is 0 Å². The molecule has 31 heavy (non-hydrogen) atoms. The first kappa shape index (κ1) is 21.5. The number of aliphatic hydroxyl groups is 1. The summed E-state index contributed by atoms with van der Waals surface area (Å²) in [6, 6.07) is 6.34. The molecule has 0 amide bonds. The molecule has 0 spiro atoms. The molecule has 5 rings (SSSR count). The Bertz CT molecular complexity index is 1160. The molecular weight excluding hydrogens is 414 g/mol. The molecule has 0 radical (unpaired) electrons. The van der Waals surface area contributed by atoms with Gasteiger partial charge in [-0.3, -0.25) is 0 Å². The number of H-pyrrole nitrogens is 1. The second-order valence-corrected chi connectivity index (χ2v) is 8.08. The summed E-state index contributed by atoms with van der Waals surface area (Å²) >= 11 is 0. The second kappa shape index (κ2) is 9.20. The SMILES string of the molecule is CCCCn1cnc2cc(-c3nc(N4CCC(CO)CC4)nc4nc[nH]c34)ccc21.Cl. The van der Waals surface area contributed by atoms with Gasteiger partial charge >= 0.3 is 0 Å². The molecule has 0 aliphatic carbocycles. The summed E-state index contributed by atoms with van der Waals surface area (Å²) in [5.74, 6) is 1.08. The van der Waals surface area contributed by atoms with E-state index in [1.54, 1.807) is 6.33 Å². The van der Waals surface area contributed by atoms with Crippen molar-refractivity contribution in [2.75, 3.05) is 24.6 Å². The van der Waals surface area contributed by atoms with Crippen molar-refractivity contribution < 1.29 is 5.11 Å². The summed E-state index contributed by atoms with van der Waals surface area (Å²) in [6.45, 7) is 5.14. The van der Waals surface area contributed by atoms with E-state index in [9.17, 15) is 5.11 Å². The molecular formula is C22H28ClN7O. The summed E-state index contributed by atoms with van der Waals surface area (Å²) in [4.78, 5) is 24.0. The molecule has 4 aromatic rings. The van der Waals surface area contributed by atoms with Crippen molar-refractivity contribution in [1.29, 1.82) is 0 Å². The Morgan fingerprint density at radius 2 is 2.00 bits per heavy atom. The number of hydrogen-bond donors (Lipinski definition) is 2. The first-order chi connectivity index (χ1) is 14.8. The first-order valence-electron chi connectivity index (χ1n) is 10.8. The van der Waals surface area contributed by atoms with Crippen molar-refractivity contribution in [1.82, 2.24) is 29.5 Å². The fraction of sp³-hybridized carbons (Fsp3) is 0.455.